The predicted molar refractivity (Wildman–Crippen MR) is 82.0 cm³/mol. The monoisotopic (exact) mass is 305 g/mol. The molecule has 7 nitrogen and oxygen atoms in total. The van der Waals surface area contributed by atoms with Gasteiger partial charge in [0.15, 0.2) is 17.2 Å². The van der Waals surface area contributed by atoms with E-state index in [1.165, 1.54) is 21.3 Å². The zero-order valence-electron chi connectivity index (χ0n) is 13.3. The maximum absolute atomic E-state index is 12.2. The van der Waals surface area contributed by atoms with E-state index in [0.717, 1.165) is 5.69 Å². The fourth-order valence-electron chi connectivity index (χ4n) is 2.02. The Labute approximate surface area is 128 Å². The maximum Gasteiger partial charge on any atom is 0.276 e. The lowest BCUT2D eigenvalue weighted by molar-refractivity contribution is 0.102. The molecule has 118 valence electrons. The number of carbonyl (C=O) groups excluding carboxylic acids is 1. The average molecular weight is 305 g/mol. The van der Waals surface area contributed by atoms with Crippen LogP contribution in [0.15, 0.2) is 18.2 Å². The third-order valence-electron chi connectivity index (χ3n) is 3.27. The molecule has 22 heavy (non-hydrogen) atoms. The normalized spacial score (nSPS) is 10.2. The number of nitrogens with zero attached hydrogens (tertiary/aromatic N) is 2. The second-order valence-corrected chi connectivity index (χ2v) is 4.66. The molecule has 0 aliphatic carbocycles. The highest BCUT2D eigenvalue weighted by Gasteiger charge is 2.16. The molecule has 0 radical (unpaired) electrons. The fraction of sp³-hybridized carbons (Fsp3) is 0.333. The number of amides is 1. The summed E-state index contributed by atoms with van der Waals surface area (Å²) in [5.74, 6) is 1.10. The smallest absolute Gasteiger partial charge is 0.276 e. The maximum atomic E-state index is 12.2. The highest BCUT2D eigenvalue weighted by Crippen LogP contribution is 2.39. The van der Waals surface area contributed by atoms with Gasteiger partial charge in [-0.25, -0.2) is 0 Å². The summed E-state index contributed by atoms with van der Waals surface area (Å²) in [5, 5.41) is 6.91. The Hall–Kier alpha value is -2.70. The first-order valence-corrected chi connectivity index (χ1v) is 6.62. The summed E-state index contributed by atoms with van der Waals surface area (Å²) >= 11 is 0. The van der Waals surface area contributed by atoms with E-state index in [4.69, 9.17) is 14.2 Å². The van der Waals surface area contributed by atoms with Crippen LogP contribution < -0.4 is 19.5 Å². The third-order valence-corrected chi connectivity index (χ3v) is 3.27. The summed E-state index contributed by atoms with van der Waals surface area (Å²) in [5.41, 5.74) is 1.77. The van der Waals surface area contributed by atoms with Crippen molar-refractivity contribution in [1.29, 1.82) is 0 Å². The molecule has 0 atom stereocenters. The summed E-state index contributed by atoms with van der Waals surface area (Å²) < 4.78 is 17.4. The van der Waals surface area contributed by atoms with Crippen molar-refractivity contribution in [1.82, 2.24) is 9.78 Å². The molecule has 7 heteroatoms. The lowest BCUT2D eigenvalue weighted by Crippen LogP contribution is -2.13. The van der Waals surface area contributed by atoms with Crippen molar-refractivity contribution >= 4 is 11.6 Å². The number of rotatable bonds is 5. The van der Waals surface area contributed by atoms with Crippen LogP contribution in [0, 0.1) is 6.92 Å². The number of benzene rings is 1. The summed E-state index contributed by atoms with van der Waals surface area (Å²) in [7, 11) is 6.34. The molecule has 0 fully saturated rings. The summed E-state index contributed by atoms with van der Waals surface area (Å²) in [6, 6.07) is 5.04. The Morgan fingerprint density at radius 3 is 2.09 bits per heavy atom. The Morgan fingerprint density at radius 2 is 1.68 bits per heavy atom. The highest BCUT2D eigenvalue weighted by atomic mass is 16.5. The van der Waals surface area contributed by atoms with Gasteiger partial charge in [-0.2, -0.15) is 5.10 Å². The van der Waals surface area contributed by atoms with E-state index in [-0.39, 0.29) is 5.91 Å². The van der Waals surface area contributed by atoms with Gasteiger partial charge >= 0.3 is 0 Å². The molecule has 0 unspecified atom stereocenters. The van der Waals surface area contributed by atoms with Crippen molar-refractivity contribution in [2.45, 2.75) is 6.92 Å². The van der Waals surface area contributed by atoms with Crippen LogP contribution in [0.25, 0.3) is 0 Å². The number of anilines is 1. The molecular weight excluding hydrogens is 286 g/mol. The molecule has 0 aliphatic heterocycles. The Bertz CT molecular complexity index is 650. The van der Waals surface area contributed by atoms with E-state index < -0.39 is 0 Å². The first-order chi connectivity index (χ1) is 10.5. The van der Waals surface area contributed by atoms with E-state index in [9.17, 15) is 4.79 Å². The molecule has 1 heterocycles. The number of hydrogen-bond acceptors (Lipinski definition) is 5. The minimum absolute atomic E-state index is 0.307. The van der Waals surface area contributed by atoms with Crippen LogP contribution in [-0.2, 0) is 7.05 Å². The van der Waals surface area contributed by atoms with Crippen LogP contribution in [0.3, 0.4) is 0 Å². The molecule has 1 N–H and O–H groups in total. The largest absolute Gasteiger partial charge is 0.493 e. The Morgan fingerprint density at radius 1 is 1.09 bits per heavy atom. The number of nitrogens with one attached hydrogen (secondary N) is 1. The molecule has 2 rings (SSSR count). The zero-order chi connectivity index (χ0) is 16.3. The van der Waals surface area contributed by atoms with Crippen molar-refractivity contribution in [2.75, 3.05) is 26.6 Å². The first kappa shape index (κ1) is 15.7. The molecule has 2 aromatic rings. The standard InChI is InChI=1S/C15H19N3O4/c1-9-6-11(17-18(9)2)15(19)16-10-7-12(20-3)14(22-5)13(8-10)21-4/h6-8H,1-5H3,(H,16,19). The predicted octanol–water partition coefficient (Wildman–Crippen LogP) is 2.01. The minimum atomic E-state index is -0.307. The van der Waals surface area contributed by atoms with Gasteiger partial charge in [0.1, 0.15) is 0 Å². The van der Waals surface area contributed by atoms with Gasteiger partial charge in [0, 0.05) is 30.6 Å². The highest BCUT2D eigenvalue weighted by molar-refractivity contribution is 6.03. The minimum Gasteiger partial charge on any atom is -0.493 e. The van der Waals surface area contributed by atoms with Gasteiger partial charge in [-0.1, -0.05) is 0 Å². The molecule has 0 saturated heterocycles. The number of aromatic nitrogens is 2. The van der Waals surface area contributed by atoms with Crippen molar-refractivity contribution < 1.29 is 19.0 Å². The molecule has 0 spiro atoms. The van der Waals surface area contributed by atoms with E-state index >= 15 is 0 Å². The number of ether oxygens (including phenoxy) is 3. The number of aryl methyl sites for hydroxylation is 2. The van der Waals surface area contributed by atoms with Crippen LogP contribution in [0.4, 0.5) is 5.69 Å². The SMILES string of the molecule is COc1cc(NC(=O)c2cc(C)n(C)n2)cc(OC)c1OC. The van der Waals surface area contributed by atoms with Gasteiger partial charge < -0.3 is 19.5 Å². The molecule has 0 aliphatic rings. The van der Waals surface area contributed by atoms with Gasteiger partial charge in [0.2, 0.25) is 5.75 Å². The van der Waals surface area contributed by atoms with Crippen LogP contribution in [0.1, 0.15) is 16.2 Å². The van der Waals surface area contributed by atoms with Gasteiger partial charge in [-0.15, -0.1) is 0 Å². The Balaban J connectivity index is 2.31. The molecule has 0 saturated carbocycles. The summed E-state index contributed by atoms with van der Waals surface area (Å²) in [6.07, 6.45) is 0. The topological polar surface area (TPSA) is 74.6 Å². The van der Waals surface area contributed by atoms with Gasteiger partial charge in [0.25, 0.3) is 5.91 Å². The van der Waals surface area contributed by atoms with Crippen LogP contribution in [-0.4, -0.2) is 37.0 Å². The lowest BCUT2D eigenvalue weighted by Gasteiger charge is -2.14. The summed E-state index contributed by atoms with van der Waals surface area (Å²) in [4.78, 5) is 12.2. The van der Waals surface area contributed by atoms with Crippen LogP contribution in [0.5, 0.6) is 17.2 Å². The zero-order valence-corrected chi connectivity index (χ0v) is 13.3. The second-order valence-electron chi connectivity index (χ2n) is 4.66. The van der Waals surface area contributed by atoms with Gasteiger partial charge in [-0.05, 0) is 13.0 Å². The summed E-state index contributed by atoms with van der Waals surface area (Å²) in [6.45, 7) is 1.88. The van der Waals surface area contributed by atoms with E-state index in [0.29, 0.717) is 28.6 Å². The van der Waals surface area contributed by atoms with Gasteiger partial charge in [-0.3, -0.25) is 9.48 Å². The molecule has 1 amide bonds. The molecule has 1 aromatic heterocycles. The lowest BCUT2D eigenvalue weighted by atomic mass is 10.2. The van der Waals surface area contributed by atoms with Crippen molar-refractivity contribution in [3.63, 3.8) is 0 Å². The van der Waals surface area contributed by atoms with E-state index in [1.54, 1.807) is 29.9 Å². The fourth-order valence-corrected chi connectivity index (χ4v) is 2.02. The first-order valence-electron chi connectivity index (χ1n) is 6.62. The van der Waals surface area contributed by atoms with Crippen LogP contribution in [0.2, 0.25) is 0 Å². The molecule has 1 aromatic carbocycles. The molecular formula is C15H19N3O4. The van der Waals surface area contributed by atoms with E-state index in [2.05, 4.69) is 10.4 Å². The number of hydrogen-bond donors (Lipinski definition) is 1. The number of methoxy groups -OCH3 is 3. The Kier molecular flexibility index (Phi) is 4.55. The van der Waals surface area contributed by atoms with Crippen molar-refractivity contribution in [3.8, 4) is 17.2 Å². The van der Waals surface area contributed by atoms with Gasteiger partial charge in [0.05, 0.1) is 21.3 Å². The second kappa shape index (κ2) is 6.38. The third kappa shape index (κ3) is 2.98. The molecule has 0 bridgehead atoms. The number of carbonyl (C=O) groups is 1. The average Bonchev–Trinajstić information content (AvgIpc) is 2.85. The van der Waals surface area contributed by atoms with Crippen molar-refractivity contribution in [3.05, 3.63) is 29.6 Å². The quantitative estimate of drug-likeness (QED) is 0.914. The van der Waals surface area contributed by atoms with E-state index in [1.807, 2.05) is 6.92 Å². The van der Waals surface area contributed by atoms with Crippen molar-refractivity contribution in [2.24, 2.45) is 7.05 Å². The van der Waals surface area contributed by atoms with Crippen LogP contribution >= 0.6 is 0 Å².